The summed E-state index contributed by atoms with van der Waals surface area (Å²) in [5, 5.41) is 2.99. The summed E-state index contributed by atoms with van der Waals surface area (Å²) in [6, 6.07) is 6.39. The zero-order valence-corrected chi connectivity index (χ0v) is 25.0. The second-order valence-electron chi connectivity index (χ2n) is 12.1. The van der Waals surface area contributed by atoms with Gasteiger partial charge in [-0.25, -0.2) is 4.79 Å². The van der Waals surface area contributed by atoms with E-state index < -0.39 is 5.60 Å². The second-order valence-corrected chi connectivity index (χ2v) is 12.1. The van der Waals surface area contributed by atoms with Gasteiger partial charge >= 0.3 is 6.09 Å². The number of aromatic nitrogens is 1. The van der Waals surface area contributed by atoms with Crippen LogP contribution < -0.4 is 15.8 Å². The fraction of sp³-hybridized carbons (Fsp3) is 0.581. The van der Waals surface area contributed by atoms with E-state index in [1.165, 1.54) is 0 Å². The van der Waals surface area contributed by atoms with E-state index in [-0.39, 0.29) is 30.0 Å². The van der Waals surface area contributed by atoms with Gasteiger partial charge in [-0.1, -0.05) is 0 Å². The number of hydrogen-bond acceptors (Lipinski definition) is 6. The molecule has 1 aromatic carbocycles. The molecule has 0 atom stereocenters. The first-order valence-corrected chi connectivity index (χ1v) is 14.3. The van der Waals surface area contributed by atoms with Crippen LogP contribution in [-0.4, -0.2) is 66.4 Å². The predicted molar refractivity (Wildman–Crippen MR) is 156 cm³/mol. The Morgan fingerprint density at radius 1 is 1.12 bits per heavy atom. The minimum atomic E-state index is -0.548. The lowest BCUT2D eigenvalue weighted by Crippen LogP contribution is -2.50. The van der Waals surface area contributed by atoms with Gasteiger partial charge in [-0.2, -0.15) is 0 Å². The van der Waals surface area contributed by atoms with E-state index in [0.29, 0.717) is 30.3 Å². The van der Waals surface area contributed by atoms with Crippen LogP contribution in [0.1, 0.15) is 84.8 Å². The van der Waals surface area contributed by atoms with Crippen molar-refractivity contribution in [1.82, 2.24) is 15.2 Å². The fourth-order valence-corrected chi connectivity index (χ4v) is 5.64. The third-order valence-electron chi connectivity index (χ3n) is 7.85. The van der Waals surface area contributed by atoms with Crippen molar-refractivity contribution in [3.05, 3.63) is 62.1 Å². The summed E-state index contributed by atoms with van der Waals surface area (Å²) in [5.41, 5.74) is 5.03. The highest BCUT2D eigenvalue weighted by Crippen LogP contribution is 2.36. The number of aromatic amines is 1. The van der Waals surface area contributed by atoms with E-state index in [9.17, 15) is 14.4 Å². The van der Waals surface area contributed by atoms with Crippen molar-refractivity contribution in [2.75, 3.05) is 37.7 Å². The molecule has 1 aromatic heterocycles. The molecular formula is C31H44N4O5. The van der Waals surface area contributed by atoms with E-state index in [1.54, 1.807) is 4.90 Å². The van der Waals surface area contributed by atoms with Crippen molar-refractivity contribution in [1.29, 1.82) is 0 Å². The Hall–Kier alpha value is -3.33. The quantitative estimate of drug-likeness (QED) is 0.522. The summed E-state index contributed by atoms with van der Waals surface area (Å²) in [7, 11) is 0. The first-order chi connectivity index (χ1) is 18.9. The number of anilines is 1. The molecule has 0 saturated carbocycles. The Labute approximate surface area is 237 Å². The highest BCUT2D eigenvalue weighted by Gasteiger charge is 2.36. The maximum Gasteiger partial charge on any atom is 0.410 e. The van der Waals surface area contributed by atoms with Gasteiger partial charge in [-0.05, 0) is 96.2 Å². The number of carbonyl (C=O) groups is 2. The Kier molecular flexibility index (Phi) is 8.93. The van der Waals surface area contributed by atoms with E-state index in [1.807, 2.05) is 53.7 Å². The molecule has 3 heterocycles. The number of nitrogens with zero attached hydrogens (tertiary/aromatic N) is 2. The minimum Gasteiger partial charge on any atom is -0.444 e. The van der Waals surface area contributed by atoms with E-state index in [2.05, 4.69) is 28.2 Å². The molecule has 2 aromatic rings. The van der Waals surface area contributed by atoms with Gasteiger partial charge in [0.05, 0.1) is 0 Å². The van der Waals surface area contributed by atoms with Crippen molar-refractivity contribution < 1.29 is 19.1 Å². The van der Waals surface area contributed by atoms with Gasteiger partial charge in [0, 0.05) is 73.9 Å². The number of rotatable bonds is 7. The molecule has 0 radical (unpaired) electrons. The summed E-state index contributed by atoms with van der Waals surface area (Å²) in [4.78, 5) is 45.6. The van der Waals surface area contributed by atoms with Crippen molar-refractivity contribution in [3.8, 4) is 0 Å². The van der Waals surface area contributed by atoms with Crippen molar-refractivity contribution >= 4 is 17.7 Å². The molecule has 2 N–H and O–H groups in total. The van der Waals surface area contributed by atoms with E-state index in [4.69, 9.17) is 9.47 Å². The number of ether oxygens (including phenoxy) is 2. The number of carbonyl (C=O) groups excluding carboxylic acids is 2. The number of H-pyrrole nitrogens is 1. The van der Waals surface area contributed by atoms with Crippen molar-refractivity contribution in [3.63, 3.8) is 0 Å². The zero-order valence-electron chi connectivity index (χ0n) is 25.0. The maximum absolute atomic E-state index is 13.6. The standard InChI is InChI=1S/C31H44N4O5/c1-8-35(24-9-11-39-12-10-24)27-15-22(23-17-34(18-23)30(38)40-31(5,6)7)14-25(21(27)4)28(36)32-16-26-19(2)13-20(3)33-29(26)37/h13-15,23-24H,8-12,16-18H2,1-7H3,(H,32,36)(H,33,37). The third kappa shape index (κ3) is 6.69. The monoisotopic (exact) mass is 552 g/mol. The molecule has 0 spiro atoms. The molecule has 9 heteroatoms. The first-order valence-electron chi connectivity index (χ1n) is 14.3. The fourth-order valence-electron chi connectivity index (χ4n) is 5.64. The molecule has 0 aliphatic carbocycles. The third-order valence-corrected chi connectivity index (χ3v) is 7.85. The number of aryl methyl sites for hydroxylation is 2. The Morgan fingerprint density at radius 3 is 2.40 bits per heavy atom. The lowest BCUT2D eigenvalue weighted by atomic mass is 9.87. The zero-order chi connectivity index (χ0) is 29.2. The van der Waals surface area contributed by atoms with Crippen LogP contribution in [0.15, 0.2) is 23.0 Å². The van der Waals surface area contributed by atoms with Crippen molar-refractivity contribution in [2.45, 2.75) is 85.4 Å². The second kappa shape index (κ2) is 12.0. The Morgan fingerprint density at radius 2 is 1.80 bits per heavy atom. The van der Waals surface area contributed by atoms with Gasteiger partial charge in [-0.15, -0.1) is 0 Å². The number of amides is 2. The smallest absolute Gasteiger partial charge is 0.410 e. The summed E-state index contributed by atoms with van der Waals surface area (Å²) in [6.45, 7) is 16.9. The maximum atomic E-state index is 13.6. The molecule has 2 amide bonds. The summed E-state index contributed by atoms with van der Waals surface area (Å²) >= 11 is 0. The van der Waals surface area contributed by atoms with Crippen LogP contribution in [0.25, 0.3) is 0 Å². The molecule has 40 heavy (non-hydrogen) atoms. The number of hydrogen-bond donors (Lipinski definition) is 2. The number of nitrogens with one attached hydrogen (secondary N) is 2. The molecule has 9 nitrogen and oxygen atoms in total. The SMILES string of the molecule is CCN(c1cc(C2CN(C(=O)OC(C)(C)C)C2)cc(C(=O)NCc2c(C)cc(C)[nH]c2=O)c1C)C1CCOCC1. The van der Waals surface area contributed by atoms with Gasteiger partial charge in [0.25, 0.3) is 11.5 Å². The van der Waals surface area contributed by atoms with Crippen LogP contribution in [0.2, 0.25) is 0 Å². The Balaban J connectivity index is 1.62. The number of pyridine rings is 1. The first kappa shape index (κ1) is 29.6. The van der Waals surface area contributed by atoms with E-state index in [0.717, 1.165) is 60.7 Å². The molecule has 2 aliphatic heterocycles. The summed E-state index contributed by atoms with van der Waals surface area (Å²) in [5.74, 6) is -0.111. The molecular weight excluding hydrogens is 508 g/mol. The highest BCUT2D eigenvalue weighted by molar-refractivity contribution is 5.97. The molecule has 2 saturated heterocycles. The molecule has 0 unspecified atom stereocenters. The molecule has 2 fully saturated rings. The van der Waals surface area contributed by atoms with Gasteiger partial charge in [0.1, 0.15) is 5.60 Å². The van der Waals surface area contributed by atoms with Gasteiger partial charge < -0.3 is 29.6 Å². The average Bonchev–Trinajstić information content (AvgIpc) is 2.84. The predicted octanol–water partition coefficient (Wildman–Crippen LogP) is 4.57. The minimum absolute atomic E-state index is 0.106. The molecule has 4 rings (SSSR count). The van der Waals surface area contributed by atoms with Gasteiger partial charge in [-0.3, -0.25) is 9.59 Å². The topological polar surface area (TPSA) is 104 Å². The summed E-state index contributed by atoms with van der Waals surface area (Å²) in [6.07, 6.45) is 1.56. The van der Waals surface area contributed by atoms with Crippen LogP contribution in [0.3, 0.4) is 0 Å². The lowest BCUT2D eigenvalue weighted by Gasteiger charge is -2.41. The van der Waals surface area contributed by atoms with Crippen LogP contribution in [0.4, 0.5) is 10.5 Å². The van der Waals surface area contributed by atoms with Crippen LogP contribution in [-0.2, 0) is 16.0 Å². The molecule has 2 aliphatic rings. The number of benzene rings is 1. The average molecular weight is 553 g/mol. The number of likely N-dealkylation sites (tertiary alicyclic amines) is 1. The molecule has 218 valence electrons. The van der Waals surface area contributed by atoms with Crippen LogP contribution >= 0.6 is 0 Å². The van der Waals surface area contributed by atoms with Gasteiger partial charge in [0.2, 0.25) is 0 Å². The highest BCUT2D eigenvalue weighted by atomic mass is 16.6. The van der Waals surface area contributed by atoms with E-state index >= 15 is 0 Å². The Bertz CT molecular complexity index is 1300. The largest absolute Gasteiger partial charge is 0.444 e. The van der Waals surface area contributed by atoms with Crippen LogP contribution in [0.5, 0.6) is 0 Å². The van der Waals surface area contributed by atoms with Crippen molar-refractivity contribution in [2.24, 2.45) is 0 Å². The summed E-state index contributed by atoms with van der Waals surface area (Å²) < 4.78 is 11.2. The van der Waals surface area contributed by atoms with Gasteiger partial charge in [0.15, 0.2) is 0 Å². The molecule has 0 bridgehead atoms. The van der Waals surface area contributed by atoms with Crippen LogP contribution in [0, 0.1) is 20.8 Å². The normalized spacial score (nSPS) is 16.4. The lowest BCUT2D eigenvalue weighted by molar-refractivity contribution is 0.00817.